The lowest BCUT2D eigenvalue weighted by Gasteiger charge is -2.34. The molecule has 0 amide bonds. The summed E-state index contributed by atoms with van der Waals surface area (Å²) in [5.41, 5.74) is -1.58. The van der Waals surface area contributed by atoms with E-state index in [0.717, 1.165) is 12.1 Å². The van der Waals surface area contributed by atoms with E-state index in [1.165, 1.54) is 37.8 Å². The first-order valence-electron chi connectivity index (χ1n) is 12.0. The molecular weight excluding hydrogens is 552 g/mol. The number of fused-ring (bicyclic) bond motifs is 1. The first-order valence-corrected chi connectivity index (χ1v) is 13.5. The van der Waals surface area contributed by atoms with E-state index >= 15 is 0 Å². The zero-order chi connectivity index (χ0) is 29.6. The Morgan fingerprint density at radius 2 is 1.74 bits per heavy atom. The van der Waals surface area contributed by atoms with Crippen LogP contribution in [0.5, 0.6) is 5.75 Å². The molecule has 1 aliphatic heterocycles. The number of anilines is 2. The molecule has 0 saturated heterocycles. The number of rotatable bonds is 8. The second-order valence-corrected chi connectivity index (χ2v) is 12.9. The molecule has 0 spiro atoms. The summed E-state index contributed by atoms with van der Waals surface area (Å²) < 4.78 is 115. The standard InChI is InChI=1S/C26H29F6NO5S/c1-15(23(34)35)14-38-21-12-22-20(11-19(21)26(30,31)32)33(18-7-5-17(27)6-8-18)13-16(9-10-25(4,28)29)24(2,3)39(22,36)37/h5-8,11-12,15-16H,9-10,13-14H2,1-4H3,(H,34,35)/t15-,16-/m1/s1. The number of hydrogen-bond donors (Lipinski definition) is 1. The maximum Gasteiger partial charge on any atom is 0.420 e. The SMILES string of the molecule is C[C@H](COc1cc2c(cc1C(F)(F)F)N(c1ccc(F)cc1)C[C@@H](CCC(C)(F)F)C(C)(C)S2(=O)=O)C(=O)O. The Morgan fingerprint density at radius 1 is 1.15 bits per heavy atom. The molecule has 2 aromatic carbocycles. The number of halogens is 6. The summed E-state index contributed by atoms with van der Waals surface area (Å²) in [5, 5.41) is 9.10. The zero-order valence-electron chi connectivity index (χ0n) is 21.7. The molecule has 3 rings (SSSR count). The molecule has 0 aliphatic carbocycles. The van der Waals surface area contributed by atoms with Crippen molar-refractivity contribution in [3.8, 4) is 5.75 Å². The van der Waals surface area contributed by atoms with Crippen molar-refractivity contribution in [2.75, 3.05) is 18.1 Å². The monoisotopic (exact) mass is 581 g/mol. The number of alkyl halides is 5. The average Bonchev–Trinajstić information content (AvgIpc) is 2.86. The fourth-order valence-corrected chi connectivity index (χ4v) is 6.28. The minimum absolute atomic E-state index is 0.153. The van der Waals surface area contributed by atoms with Crippen molar-refractivity contribution in [1.82, 2.24) is 0 Å². The van der Waals surface area contributed by atoms with Gasteiger partial charge in [0.2, 0.25) is 5.92 Å². The van der Waals surface area contributed by atoms with Crippen LogP contribution in [-0.2, 0) is 20.8 Å². The van der Waals surface area contributed by atoms with E-state index < -0.39 is 79.5 Å². The summed E-state index contributed by atoms with van der Waals surface area (Å²) in [6.07, 6.45) is -5.97. The van der Waals surface area contributed by atoms with Crippen molar-refractivity contribution in [3.63, 3.8) is 0 Å². The third-order valence-electron chi connectivity index (χ3n) is 7.01. The second-order valence-electron chi connectivity index (χ2n) is 10.4. The van der Waals surface area contributed by atoms with Crippen LogP contribution < -0.4 is 9.64 Å². The van der Waals surface area contributed by atoms with Gasteiger partial charge in [0.15, 0.2) is 9.84 Å². The fourth-order valence-electron chi connectivity index (χ4n) is 4.38. The molecule has 39 heavy (non-hydrogen) atoms. The Labute approximate surface area is 222 Å². The molecule has 0 aromatic heterocycles. The zero-order valence-corrected chi connectivity index (χ0v) is 22.5. The first kappa shape index (κ1) is 30.6. The van der Waals surface area contributed by atoms with Crippen LogP contribution in [0.2, 0.25) is 0 Å². The molecule has 0 saturated carbocycles. The summed E-state index contributed by atoms with van der Waals surface area (Å²) in [6.45, 7) is 3.62. The van der Waals surface area contributed by atoms with Crippen molar-refractivity contribution in [3.05, 3.63) is 47.8 Å². The summed E-state index contributed by atoms with van der Waals surface area (Å²) in [7, 11) is -4.49. The third-order valence-corrected chi connectivity index (χ3v) is 9.63. The van der Waals surface area contributed by atoms with Crippen LogP contribution in [0.15, 0.2) is 41.3 Å². The molecule has 1 aliphatic rings. The van der Waals surface area contributed by atoms with Crippen molar-refractivity contribution in [2.24, 2.45) is 11.8 Å². The molecule has 2 atom stereocenters. The smallest absolute Gasteiger partial charge is 0.420 e. The maximum absolute atomic E-state index is 14.2. The maximum atomic E-state index is 14.2. The lowest BCUT2D eigenvalue weighted by molar-refractivity contribution is -0.142. The average molecular weight is 582 g/mol. The van der Waals surface area contributed by atoms with Crippen LogP contribution in [0, 0.1) is 17.7 Å². The van der Waals surface area contributed by atoms with Gasteiger partial charge in [-0.15, -0.1) is 0 Å². The highest BCUT2D eigenvalue weighted by atomic mass is 32.2. The molecule has 6 nitrogen and oxygen atoms in total. The Kier molecular flexibility index (Phi) is 8.27. The Balaban J connectivity index is 2.30. The molecule has 0 bridgehead atoms. The number of carboxylic acids is 1. The predicted molar refractivity (Wildman–Crippen MR) is 132 cm³/mol. The first-order chi connectivity index (χ1) is 17.8. The van der Waals surface area contributed by atoms with E-state index in [9.17, 15) is 39.6 Å². The normalized spacial score (nSPS) is 19.6. The van der Waals surface area contributed by atoms with E-state index in [2.05, 4.69) is 0 Å². The number of aliphatic carboxylic acids is 1. The molecule has 1 N–H and O–H groups in total. The summed E-state index contributed by atoms with van der Waals surface area (Å²) in [4.78, 5) is 11.9. The number of carbonyl (C=O) groups is 1. The lowest BCUT2D eigenvalue weighted by Crippen LogP contribution is -2.43. The minimum Gasteiger partial charge on any atom is -0.492 e. The fraction of sp³-hybridized carbons (Fsp3) is 0.500. The largest absolute Gasteiger partial charge is 0.492 e. The molecule has 2 aromatic rings. The minimum atomic E-state index is -5.03. The van der Waals surface area contributed by atoms with Gasteiger partial charge < -0.3 is 14.7 Å². The highest BCUT2D eigenvalue weighted by Crippen LogP contribution is 2.50. The molecule has 0 unspecified atom stereocenters. The van der Waals surface area contributed by atoms with Crippen molar-refractivity contribution < 1.29 is 49.4 Å². The van der Waals surface area contributed by atoms with Crippen LogP contribution in [0.25, 0.3) is 0 Å². The van der Waals surface area contributed by atoms with Gasteiger partial charge in [-0.3, -0.25) is 4.79 Å². The third kappa shape index (κ3) is 6.44. The van der Waals surface area contributed by atoms with Crippen molar-refractivity contribution in [1.29, 1.82) is 0 Å². The van der Waals surface area contributed by atoms with Gasteiger partial charge in [0.25, 0.3) is 0 Å². The number of nitrogens with zero attached hydrogens (tertiary/aromatic N) is 1. The van der Waals surface area contributed by atoms with Crippen molar-refractivity contribution in [2.45, 2.75) is 62.3 Å². The number of hydrogen-bond acceptors (Lipinski definition) is 5. The van der Waals surface area contributed by atoms with Gasteiger partial charge in [-0.1, -0.05) is 0 Å². The van der Waals surface area contributed by atoms with E-state index in [1.54, 1.807) is 0 Å². The van der Waals surface area contributed by atoms with Gasteiger partial charge in [-0.2, -0.15) is 13.2 Å². The molecule has 0 radical (unpaired) electrons. The predicted octanol–water partition coefficient (Wildman–Crippen LogP) is 6.70. The quantitative estimate of drug-likeness (QED) is 0.350. The summed E-state index contributed by atoms with van der Waals surface area (Å²) in [6, 6.07) is 5.89. The van der Waals surface area contributed by atoms with Crippen LogP contribution in [0.3, 0.4) is 0 Å². The molecule has 13 heteroatoms. The molecular formula is C26H29F6NO5S. The summed E-state index contributed by atoms with van der Waals surface area (Å²) >= 11 is 0. The van der Waals surface area contributed by atoms with Crippen LogP contribution in [0.1, 0.15) is 46.1 Å². The van der Waals surface area contributed by atoms with E-state index in [1.807, 2.05) is 0 Å². The number of ether oxygens (including phenoxy) is 1. The lowest BCUT2D eigenvalue weighted by atomic mass is 9.88. The Hall–Kier alpha value is -2.96. The van der Waals surface area contributed by atoms with Gasteiger partial charge in [0.05, 0.1) is 26.8 Å². The van der Waals surface area contributed by atoms with E-state index in [-0.39, 0.29) is 24.3 Å². The van der Waals surface area contributed by atoms with Crippen LogP contribution in [0.4, 0.5) is 37.7 Å². The van der Waals surface area contributed by atoms with Crippen molar-refractivity contribution >= 4 is 27.2 Å². The Bertz CT molecular complexity index is 1320. The Morgan fingerprint density at radius 3 is 2.26 bits per heavy atom. The number of sulfone groups is 1. The van der Waals surface area contributed by atoms with E-state index in [4.69, 9.17) is 9.84 Å². The highest BCUT2D eigenvalue weighted by molar-refractivity contribution is 7.93. The van der Waals surface area contributed by atoms with Gasteiger partial charge in [0.1, 0.15) is 18.2 Å². The topological polar surface area (TPSA) is 83.9 Å². The van der Waals surface area contributed by atoms with Gasteiger partial charge in [-0.05, 0) is 70.4 Å². The molecule has 1 heterocycles. The second kappa shape index (κ2) is 10.5. The summed E-state index contributed by atoms with van der Waals surface area (Å²) in [5.74, 6) is -8.15. The van der Waals surface area contributed by atoms with Gasteiger partial charge in [-0.25, -0.2) is 21.6 Å². The molecule has 216 valence electrons. The highest BCUT2D eigenvalue weighted by Gasteiger charge is 2.49. The number of carboxylic acid groups (broad SMARTS) is 1. The van der Waals surface area contributed by atoms with E-state index in [0.29, 0.717) is 19.1 Å². The van der Waals surface area contributed by atoms with Gasteiger partial charge >= 0.3 is 12.1 Å². The molecule has 0 fully saturated rings. The number of benzene rings is 2. The van der Waals surface area contributed by atoms with Crippen LogP contribution in [-0.4, -0.2) is 43.3 Å². The van der Waals surface area contributed by atoms with Crippen LogP contribution >= 0.6 is 0 Å². The van der Waals surface area contributed by atoms with Gasteiger partial charge in [0, 0.05) is 24.7 Å².